The Hall–Kier alpha value is -1.43. The van der Waals surface area contributed by atoms with Crippen molar-refractivity contribution >= 4 is 23.5 Å². The number of hydrogen-bond acceptors (Lipinski definition) is 4. The third-order valence-electron chi connectivity index (χ3n) is 3.04. The number of nitrogens with two attached hydrogens (primary N) is 1. The Morgan fingerprint density at radius 3 is 2.89 bits per heavy atom. The van der Waals surface area contributed by atoms with E-state index in [4.69, 9.17) is 5.73 Å². The molecule has 1 aromatic rings. The van der Waals surface area contributed by atoms with E-state index in [9.17, 15) is 0 Å². The minimum Gasteiger partial charge on any atom is -0.370 e. The summed E-state index contributed by atoms with van der Waals surface area (Å²) in [5.74, 6) is 3.86. The summed E-state index contributed by atoms with van der Waals surface area (Å²) >= 11 is 1.97. The topological polar surface area (TPSA) is 57.8 Å². The van der Waals surface area contributed by atoms with Crippen molar-refractivity contribution in [2.75, 3.05) is 43.6 Å². The monoisotopic (exact) mass is 279 g/mol. The van der Waals surface area contributed by atoms with Crippen LogP contribution >= 0.6 is 11.8 Å². The van der Waals surface area contributed by atoms with Gasteiger partial charge in [-0.05, 0) is 6.07 Å². The third kappa shape index (κ3) is 3.76. The molecule has 1 aromatic heterocycles. The molecule has 2 heterocycles. The fourth-order valence-electron chi connectivity index (χ4n) is 2.01. The van der Waals surface area contributed by atoms with Crippen LogP contribution in [-0.4, -0.2) is 54.5 Å². The van der Waals surface area contributed by atoms with Gasteiger partial charge in [0, 0.05) is 50.5 Å². The van der Waals surface area contributed by atoms with Crippen LogP contribution in [0.5, 0.6) is 0 Å². The lowest BCUT2D eigenvalue weighted by Gasteiger charge is -2.27. The number of anilines is 1. The lowest BCUT2D eigenvalue weighted by Crippen LogP contribution is -2.42. The molecule has 104 valence electrons. The van der Waals surface area contributed by atoms with Gasteiger partial charge in [-0.25, -0.2) is 9.98 Å². The lowest BCUT2D eigenvalue weighted by molar-refractivity contribution is 0.455. The van der Waals surface area contributed by atoms with Gasteiger partial charge in [-0.1, -0.05) is 6.07 Å². The molecule has 0 unspecified atom stereocenters. The second-order valence-corrected chi connectivity index (χ2v) is 5.88. The predicted octanol–water partition coefficient (Wildman–Crippen LogP) is 1.01. The predicted molar refractivity (Wildman–Crippen MR) is 82.8 cm³/mol. The summed E-state index contributed by atoms with van der Waals surface area (Å²) < 4.78 is 0. The summed E-state index contributed by atoms with van der Waals surface area (Å²) in [5.41, 5.74) is 7.15. The van der Waals surface area contributed by atoms with Gasteiger partial charge in [0.25, 0.3) is 0 Å². The fourth-order valence-corrected chi connectivity index (χ4v) is 2.92. The van der Waals surface area contributed by atoms with E-state index in [1.807, 2.05) is 42.9 Å². The Labute approximate surface area is 118 Å². The third-order valence-corrected chi connectivity index (χ3v) is 3.98. The van der Waals surface area contributed by atoms with E-state index in [0.29, 0.717) is 12.5 Å². The Morgan fingerprint density at radius 1 is 1.47 bits per heavy atom. The van der Waals surface area contributed by atoms with Gasteiger partial charge in [-0.3, -0.25) is 0 Å². The van der Waals surface area contributed by atoms with Gasteiger partial charge < -0.3 is 15.5 Å². The van der Waals surface area contributed by atoms with Crippen LogP contribution in [0.25, 0.3) is 0 Å². The average molecular weight is 279 g/mol. The Morgan fingerprint density at radius 2 is 2.21 bits per heavy atom. The van der Waals surface area contributed by atoms with E-state index in [0.717, 1.165) is 36.0 Å². The molecule has 0 saturated carbocycles. The first-order chi connectivity index (χ1) is 9.18. The molecule has 6 heteroatoms. The minimum absolute atomic E-state index is 0.580. The minimum atomic E-state index is 0.580. The van der Waals surface area contributed by atoms with Gasteiger partial charge in [0.15, 0.2) is 5.96 Å². The summed E-state index contributed by atoms with van der Waals surface area (Å²) in [6, 6.07) is 3.98. The van der Waals surface area contributed by atoms with Crippen LogP contribution in [-0.2, 0) is 6.54 Å². The maximum absolute atomic E-state index is 6.06. The van der Waals surface area contributed by atoms with Crippen molar-refractivity contribution in [2.45, 2.75) is 6.54 Å². The van der Waals surface area contributed by atoms with Gasteiger partial charge in [0.1, 0.15) is 5.82 Å². The van der Waals surface area contributed by atoms with Crippen molar-refractivity contribution in [2.24, 2.45) is 10.7 Å². The van der Waals surface area contributed by atoms with Crippen molar-refractivity contribution in [3.8, 4) is 0 Å². The number of aliphatic imine (C=N–C) groups is 1. The molecule has 1 aliphatic rings. The van der Waals surface area contributed by atoms with Crippen molar-refractivity contribution in [3.63, 3.8) is 0 Å². The SMILES string of the molecule is CN(C)c1ncccc1CN=C(N)N1CCSCC1. The quantitative estimate of drug-likeness (QED) is 0.661. The van der Waals surface area contributed by atoms with Crippen molar-refractivity contribution < 1.29 is 0 Å². The highest BCUT2D eigenvalue weighted by Crippen LogP contribution is 2.15. The van der Waals surface area contributed by atoms with Crippen molar-refractivity contribution in [1.29, 1.82) is 0 Å². The smallest absolute Gasteiger partial charge is 0.191 e. The van der Waals surface area contributed by atoms with E-state index >= 15 is 0 Å². The molecule has 0 aliphatic carbocycles. The number of nitrogens with zero attached hydrogens (tertiary/aromatic N) is 4. The molecule has 1 fully saturated rings. The maximum Gasteiger partial charge on any atom is 0.191 e. The highest BCUT2D eigenvalue weighted by molar-refractivity contribution is 7.99. The van der Waals surface area contributed by atoms with Gasteiger partial charge in [0.05, 0.1) is 6.54 Å². The molecular formula is C13H21N5S. The zero-order valence-electron chi connectivity index (χ0n) is 11.5. The molecular weight excluding hydrogens is 258 g/mol. The zero-order valence-corrected chi connectivity index (χ0v) is 12.4. The molecule has 0 amide bonds. The number of pyridine rings is 1. The van der Waals surface area contributed by atoms with Gasteiger partial charge in [-0.2, -0.15) is 11.8 Å². The largest absolute Gasteiger partial charge is 0.370 e. The highest BCUT2D eigenvalue weighted by Gasteiger charge is 2.12. The molecule has 5 nitrogen and oxygen atoms in total. The first-order valence-corrected chi connectivity index (χ1v) is 7.58. The summed E-state index contributed by atoms with van der Waals surface area (Å²) in [5, 5.41) is 0. The van der Waals surface area contributed by atoms with Crippen LogP contribution in [0.1, 0.15) is 5.56 Å². The molecule has 2 N–H and O–H groups in total. The molecule has 0 bridgehead atoms. The summed E-state index contributed by atoms with van der Waals surface area (Å²) in [6.07, 6.45) is 1.80. The number of aromatic nitrogens is 1. The molecule has 0 aromatic carbocycles. The first-order valence-electron chi connectivity index (χ1n) is 6.42. The van der Waals surface area contributed by atoms with Gasteiger partial charge >= 0.3 is 0 Å². The van der Waals surface area contributed by atoms with E-state index in [1.165, 1.54) is 0 Å². The second kappa shape index (κ2) is 6.65. The molecule has 0 radical (unpaired) electrons. The Bertz CT molecular complexity index is 440. The zero-order chi connectivity index (χ0) is 13.7. The van der Waals surface area contributed by atoms with Crippen LogP contribution in [0, 0.1) is 0 Å². The van der Waals surface area contributed by atoms with E-state index < -0.39 is 0 Å². The molecule has 1 aliphatic heterocycles. The number of rotatable bonds is 3. The standard InChI is InChI=1S/C13H21N5S/c1-17(2)12-11(4-3-5-15-12)10-16-13(14)18-6-8-19-9-7-18/h3-5H,6-10H2,1-2H3,(H2,14,16). The van der Waals surface area contributed by atoms with Crippen LogP contribution in [0.3, 0.4) is 0 Å². The molecule has 0 atom stereocenters. The van der Waals surface area contributed by atoms with Gasteiger partial charge in [-0.15, -0.1) is 0 Å². The number of thioether (sulfide) groups is 1. The molecule has 2 rings (SSSR count). The van der Waals surface area contributed by atoms with Crippen molar-refractivity contribution in [1.82, 2.24) is 9.88 Å². The molecule has 19 heavy (non-hydrogen) atoms. The van der Waals surface area contributed by atoms with Crippen LogP contribution in [0.4, 0.5) is 5.82 Å². The number of guanidine groups is 1. The first kappa shape index (κ1) is 14.0. The molecule has 0 spiro atoms. The average Bonchev–Trinajstić information content (AvgIpc) is 2.46. The van der Waals surface area contributed by atoms with E-state index in [2.05, 4.69) is 14.9 Å². The maximum atomic E-state index is 6.06. The normalized spacial score (nSPS) is 16.5. The molecule has 1 saturated heterocycles. The fraction of sp³-hybridized carbons (Fsp3) is 0.538. The highest BCUT2D eigenvalue weighted by atomic mass is 32.2. The van der Waals surface area contributed by atoms with Crippen LogP contribution in [0.2, 0.25) is 0 Å². The van der Waals surface area contributed by atoms with Crippen LogP contribution in [0.15, 0.2) is 23.3 Å². The van der Waals surface area contributed by atoms with Crippen LogP contribution < -0.4 is 10.6 Å². The van der Waals surface area contributed by atoms with E-state index in [-0.39, 0.29) is 0 Å². The lowest BCUT2D eigenvalue weighted by atomic mass is 10.2. The Kier molecular flexibility index (Phi) is 4.90. The van der Waals surface area contributed by atoms with Crippen molar-refractivity contribution in [3.05, 3.63) is 23.9 Å². The van der Waals surface area contributed by atoms with E-state index in [1.54, 1.807) is 6.20 Å². The summed E-state index contributed by atoms with van der Waals surface area (Å²) in [6.45, 7) is 2.57. The summed E-state index contributed by atoms with van der Waals surface area (Å²) in [7, 11) is 3.97. The number of hydrogen-bond donors (Lipinski definition) is 1. The summed E-state index contributed by atoms with van der Waals surface area (Å²) in [4.78, 5) is 13.0. The van der Waals surface area contributed by atoms with Gasteiger partial charge in [0.2, 0.25) is 0 Å². The Balaban J connectivity index is 2.04. The second-order valence-electron chi connectivity index (χ2n) is 4.65.